The first-order valence-corrected chi connectivity index (χ1v) is 14.7. The molecule has 5 aromatic rings. The van der Waals surface area contributed by atoms with Crippen molar-refractivity contribution in [2.24, 2.45) is 0 Å². The lowest BCUT2D eigenvalue weighted by atomic mass is 9.97. The van der Waals surface area contributed by atoms with Gasteiger partial charge in [0.2, 0.25) is 0 Å². The van der Waals surface area contributed by atoms with Crippen LogP contribution in [0, 0.1) is 19.7 Å². The summed E-state index contributed by atoms with van der Waals surface area (Å²) < 4.78 is 127. The smallest absolute Gasteiger partial charge is 0.434 e. The summed E-state index contributed by atoms with van der Waals surface area (Å²) >= 11 is 0. The lowest BCUT2D eigenvalue weighted by molar-refractivity contribution is -0.141. The van der Waals surface area contributed by atoms with E-state index in [-0.39, 0.29) is 51.1 Å². The molecule has 0 aliphatic heterocycles. The Morgan fingerprint density at radius 1 is 0.889 bits per heavy atom. The van der Waals surface area contributed by atoms with Crippen LogP contribution in [0.25, 0.3) is 39.4 Å². The lowest BCUT2D eigenvalue weighted by Crippen LogP contribution is -2.07. The van der Waals surface area contributed by atoms with Crippen molar-refractivity contribution < 1.29 is 48.7 Å². The van der Waals surface area contributed by atoms with Gasteiger partial charge in [0.15, 0.2) is 27.2 Å². The highest BCUT2D eigenvalue weighted by Crippen LogP contribution is 2.40. The Bertz CT molecular complexity index is 2030. The van der Waals surface area contributed by atoms with Gasteiger partial charge in [-0.25, -0.2) is 22.8 Å². The summed E-state index contributed by atoms with van der Waals surface area (Å²) in [6.45, 7) is 1.87. The zero-order valence-corrected chi connectivity index (χ0v) is 24.2. The summed E-state index contributed by atoms with van der Waals surface area (Å²) in [6, 6.07) is 8.10. The topological polar surface area (TPSA) is 111 Å². The van der Waals surface area contributed by atoms with E-state index in [1.165, 1.54) is 32.0 Å². The summed E-state index contributed by atoms with van der Waals surface area (Å²) in [5.74, 6) is -1.12. The molecule has 3 aromatic heterocycles. The summed E-state index contributed by atoms with van der Waals surface area (Å²) in [6.07, 6.45) is -7.02. The molecule has 5 rings (SSSR count). The zero-order valence-electron chi connectivity index (χ0n) is 23.4. The van der Waals surface area contributed by atoms with Crippen LogP contribution in [0.3, 0.4) is 0 Å². The Balaban J connectivity index is 1.79. The number of sulfone groups is 1. The normalized spacial score (nSPS) is 12.6. The third-order valence-corrected chi connectivity index (χ3v) is 7.94. The van der Waals surface area contributed by atoms with Gasteiger partial charge in [0, 0.05) is 42.3 Å². The van der Waals surface area contributed by atoms with Crippen LogP contribution < -0.4 is 0 Å². The Labute approximate surface area is 250 Å². The Morgan fingerprint density at radius 3 is 2.11 bits per heavy atom. The van der Waals surface area contributed by atoms with Gasteiger partial charge in [-0.1, -0.05) is 6.07 Å². The molecule has 1 N–H and O–H groups in total. The molecule has 236 valence electrons. The molecule has 45 heavy (non-hydrogen) atoms. The Morgan fingerprint density at radius 2 is 1.56 bits per heavy atom. The monoisotopic (exact) mass is 654 g/mol. The molecule has 0 radical (unpaired) electrons. The van der Waals surface area contributed by atoms with Gasteiger partial charge in [0.05, 0.1) is 17.2 Å². The van der Waals surface area contributed by atoms with Gasteiger partial charge >= 0.3 is 12.4 Å². The minimum atomic E-state index is -4.79. The molecule has 3 heterocycles. The van der Waals surface area contributed by atoms with Crippen LogP contribution >= 0.6 is 0 Å². The van der Waals surface area contributed by atoms with Gasteiger partial charge in [-0.2, -0.15) is 26.3 Å². The SMILES string of the molecule is Cc1nc(-c2cc(-c3cc(F)c(CO)c(S(C)(=O)=O)c3)ccc2-n2cc(C(F)(F)F)nc2C)c(-c2ccc(C(F)(F)F)nc2)o1. The van der Waals surface area contributed by atoms with Gasteiger partial charge in [-0.15, -0.1) is 0 Å². The molecule has 0 spiro atoms. The van der Waals surface area contributed by atoms with E-state index in [2.05, 4.69) is 15.0 Å². The number of aromatic nitrogens is 4. The second kappa shape index (κ2) is 11.1. The van der Waals surface area contributed by atoms with Crippen molar-refractivity contribution in [3.05, 3.63) is 89.3 Å². The molecule has 16 heteroatoms. The second-order valence-electron chi connectivity index (χ2n) is 9.98. The van der Waals surface area contributed by atoms with Crippen LogP contribution in [-0.4, -0.2) is 39.3 Å². The van der Waals surface area contributed by atoms with Gasteiger partial charge in [0.1, 0.15) is 23.0 Å². The molecule has 0 saturated heterocycles. The summed E-state index contributed by atoms with van der Waals surface area (Å²) in [4.78, 5) is 10.9. The van der Waals surface area contributed by atoms with E-state index in [0.29, 0.717) is 0 Å². The van der Waals surface area contributed by atoms with Crippen LogP contribution in [-0.2, 0) is 28.8 Å². The number of aliphatic hydroxyl groups excluding tert-OH is 1. The molecular weight excluding hydrogens is 633 g/mol. The molecular formula is C29H21F7N4O4S. The maximum Gasteiger partial charge on any atom is 0.434 e. The molecule has 0 bridgehead atoms. The van der Waals surface area contributed by atoms with Crippen LogP contribution in [0.4, 0.5) is 30.7 Å². The lowest BCUT2D eigenvalue weighted by Gasteiger charge is -2.15. The van der Waals surface area contributed by atoms with Crippen molar-refractivity contribution in [1.82, 2.24) is 19.5 Å². The van der Waals surface area contributed by atoms with Crippen LogP contribution in [0.5, 0.6) is 0 Å². The number of nitrogens with zero attached hydrogens (tertiary/aromatic N) is 4. The minimum absolute atomic E-state index is 0.0108. The van der Waals surface area contributed by atoms with Gasteiger partial charge in [0.25, 0.3) is 0 Å². The molecule has 0 saturated carbocycles. The molecule has 0 aliphatic carbocycles. The first-order chi connectivity index (χ1) is 20.9. The number of benzene rings is 2. The quantitative estimate of drug-likeness (QED) is 0.198. The van der Waals surface area contributed by atoms with E-state index >= 15 is 4.39 Å². The number of oxazole rings is 1. The molecule has 8 nitrogen and oxygen atoms in total. The molecule has 0 amide bonds. The Kier molecular flexibility index (Phi) is 7.85. The summed E-state index contributed by atoms with van der Waals surface area (Å²) in [7, 11) is -4.02. The number of imidazole rings is 1. The largest absolute Gasteiger partial charge is 0.440 e. The third kappa shape index (κ3) is 6.20. The van der Waals surface area contributed by atoms with E-state index in [1.807, 2.05) is 0 Å². The number of aliphatic hydroxyl groups is 1. The number of hydrogen-bond acceptors (Lipinski definition) is 7. The molecule has 0 aliphatic rings. The van der Waals surface area contributed by atoms with Crippen molar-refractivity contribution in [2.45, 2.75) is 37.7 Å². The van der Waals surface area contributed by atoms with E-state index < -0.39 is 56.5 Å². The minimum Gasteiger partial charge on any atom is -0.440 e. The van der Waals surface area contributed by atoms with Crippen LogP contribution in [0.1, 0.15) is 28.7 Å². The second-order valence-corrected chi connectivity index (χ2v) is 12.0. The molecule has 0 unspecified atom stereocenters. The number of aryl methyl sites for hydroxylation is 2. The van der Waals surface area contributed by atoms with E-state index in [0.717, 1.165) is 47.5 Å². The fraction of sp³-hybridized carbons (Fsp3) is 0.207. The molecule has 2 aromatic carbocycles. The van der Waals surface area contributed by atoms with Crippen molar-refractivity contribution in [3.63, 3.8) is 0 Å². The predicted molar refractivity (Wildman–Crippen MR) is 146 cm³/mol. The van der Waals surface area contributed by atoms with E-state index in [9.17, 15) is 39.9 Å². The van der Waals surface area contributed by atoms with Crippen LogP contribution in [0.15, 0.2) is 64.2 Å². The van der Waals surface area contributed by atoms with E-state index in [1.54, 1.807) is 0 Å². The van der Waals surface area contributed by atoms with Crippen molar-refractivity contribution in [1.29, 1.82) is 0 Å². The van der Waals surface area contributed by atoms with Gasteiger partial charge < -0.3 is 14.1 Å². The highest BCUT2D eigenvalue weighted by atomic mass is 32.2. The van der Waals surface area contributed by atoms with Gasteiger partial charge in [-0.3, -0.25) is 4.98 Å². The van der Waals surface area contributed by atoms with Crippen molar-refractivity contribution in [2.75, 3.05) is 6.26 Å². The first kappa shape index (κ1) is 31.8. The fourth-order valence-corrected chi connectivity index (χ4v) is 5.68. The van der Waals surface area contributed by atoms with Crippen LogP contribution in [0.2, 0.25) is 0 Å². The average Bonchev–Trinajstić information content (AvgIpc) is 3.54. The maximum atomic E-state index is 15.0. The van der Waals surface area contributed by atoms with Crippen molar-refractivity contribution >= 4 is 9.84 Å². The fourth-order valence-electron chi connectivity index (χ4n) is 4.73. The maximum absolute atomic E-state index is 15.0. The number of halogens is 7. The molecule has 0 fully saturated rings. The molecule has 0 atom stereocenters. The van der Waals surface area contributed by atoms with Gasteiger partial charge in [-0.05, 0) is 54.4 Å². The number of rotatable bonds is 6. The highest BCUT2D eigenvalue weighted by molar-refractivity contribution is 7.90. The average molecular weight is 655 g/mol. The third-order valence-electron chi connectivity index (χ3n) is 6.78. The summed E-state index contributed by atoms with van der Waals surface area (Å²) in [5, 5.41) is 9.59. The summed E-state index contributed by atoms with van der Waals surface area (Å²) in [5.41, 5.74) is -2.37. The number of alkyl halides is 6. The zero-order chi connectivity index (χ0) is 33.1. The Hall–Kier alpha value is -4.57. The number of hydrogen-bond donors (Lipinski definition) is 1. The predicted octanol–water partition coefficient (Wildman–Crippen LogP) is 6.95. The van der Waals surface area contributed by atoms with Crippen molar-refractivity contribution in [3.8, 4) is 39.4 Å². The first-order valence-electron chi connectivity index (χ1n) is 12.8. The number of pyridine rings is 1. The standard InChI is InChI=1S/C29H21F7N4O4S/c1-14-38-25(29(34,35)36)12-40(14)22-6-4-16(18-9-21(30)20(13-41)23(10-18)45(3,42)43)8-19(22)26-27(44-15(2)39-26)17-5-7-24(37-11-17)28(31,32)33/h4-12,41H,13H2,1-3H3. The highest BCUT2D eigenvalue weighted by Gasteiger charge is 2.35. The van der Waals surface area contributed by atoms with E-state index in [4.69, 9.17) is 4.42 Å².